The topological polar surface area (TPSA) is 66.2 Å². The van der Waals surface area contributed by atoms with Crippen molar-refractivity contribution < 1.29 is 9.53 Å². The number of para-hydroxylation sites is 1. The molecule has 0 unspecified atom stereocenters. The van der Waals surface area contributed by atoms with E-state index in [9.17, 15) is 10.1 Å². The molecule has 0 amide bonds. The summed E-state index contributed by atoms with van der Waals surface area (Å²) in [5.41, 5.74) is 2.68. The summed E-state index contributed by atoms with van der Waals surface area (Å²) in [7, 11) is 0. The van der Waals surface area contributed by atoms with Crippen LogP contribution in [0, 0.1) is 18.3 Å². The van der Waals surface area contributed by atoms with Gasteiger partial charge in [0.25, 0.3) is 0 Å². The van der Waals surface area contributed by atoms with Gasteiger partial charge in [0.2, 0.25) is 5.78 Å². The van der Waals surface area contributed by atoms with E-state index in [4.69, 9.17) is 9.72 Å². The largest absolute Gasteiger partial charge is 0.378 e. The molecule has 3 heterocycles. The molecule has 1 aliphatic heterocycles. The van der Waals surface area contributed by atoms with Gasteiger partial charge >= 0.3 is 0 Å². The fourth-order valence-corrected chi connectivity index (χ4v) is 4.17. The number of thiophene rings is 1. The lowest BCUT2D eigenvalue weighted by Gasteiger charge is -2.29. The van der Waals surface area contributed by atoms with Gasteiger partial charge in [-0.25, -0.2) is 4.98 Å². The van der Waals surface area contributed by atoms with Gasteiger partial charge < -0.3 is 9.64 Å². The number of pyridine rings is 1. The molecule has 0 bridgehead atoms. The Hall–Kier alpha value is -3.01. The number of hydrogen-bond acceptors (Lipinski definition) is 6. The summed E-state index contributed by atoms with van der Waals surface area (Å²) in [6.45, 7) is 4.61. The highest BCUT2D eigenvalue weighted by atomic mass is 32.1. The zero-order chi connectivity index (χ0) is 19.5. The number of carbonyl (C=O) groups excluding carboxylic acids is 1. The Morgan fingerprint density at radius 1 is 1.29 bits per heavy atom. The number of Topliss-reactive ketones (excluding diaryl/α,β-unsaturated/α-hetero) is 1. The van der Waals surface area contributed by atoms with Crippen LogP contribution in [-0.2, 0) is 4.74 Å². The first-order chi connectivity index (χ1) is 13.7. The predicted molar refractivity (Wildman–Crippen MR) is 112 cm³/mol. The molecule has 3 aromatic rings. The zero-order valence-electron chi connectivity index (χ0n) is 15.5. The molecule has 0 spiro atoms. The van der Waals surface area contributed by atoms with Gasteiger partial charge in [-0.3, -0.25) is 4.79 Å². The van der Waals surface area contributed by atoms with Crippen molar-refractivity contribution in [3.63, 3.8) is 0 Å². The van der Waals surface area contributed by atoms with Crippen molar-refractivity contribution in [2.75, 3.05) is 31.2 Å². The number of benzene rings is 1. The van der Waals surface area contributed by atoms with Gasteiger partial charge in [-0.05, 0) is 42.1 Å². The van der Waals surface area contributed by atoms with Crippen LogP contribution in [0.1, 0.15) is 20.8 Å². The number of aryl methyl sites for hydroxylation is 1. The van der Waals surface area contributed by atoms with E-state index >= 15 is 0 Å². The lowest BCUT2D eigenvalue weighted by atomic mass is 10.0. The molecular formula is C22H19N3O2S. The second-order valence-corrected chi connectivity index (χ2v) is 7.54. The fraction of sp³-hybridized carbons (Fsp3) is 0.227. The first kappa shape index (κ1) is 18.4. The van der Waals surface area contributed by atoms with Crippen molar-refractivity contribution in [2.24, 2.45) is 0 Å². The Morgan fingerprint density at radius 2 is 2.07 bits per heavy atom. The van der Waals surface area contributed by atoms with Crippen molar-refractivity contribution in [3.05, 3.63) is 63.4 Å². The van der Waals surface area contributed by atoms with E-state index < -0.39 is 0 Å². The quantitative estimate of drug-likeness (QED) is 0.379. The molecular weight excluding hydrogens is 370 g/mol. The summed E-state index contributed by atoms with van der Waals surface area (Å²) in [4.78, 5) is 20.5. The number of nitriles is 1. The maximum atomic E-state index is 12.9. The Bertz CT molecular complexity index is 1100. The number of morpholine rings is 1. The van der Waals surface area contributed by atoms with Crippen LogP contribution in [-0.4, -0.2) is 37.1 Å². The molecule has 1 aliphatic rings. The van der Waals surface area contributed by atoms with Crippen LogP contribution in [0.3, 0.4) is 0 Å². The van der Waals surface area contributed by atoms with Gasteiger partial charge in [0, 0.05) is 24.0 Å². The van der Waals surface area contributed by atoms with Gasteiger partial charge in [0.05, 0.1) is 23.6 Å². The normalized spacial score (nSPS) is 14.9. The molecule has 2 aromatic heterocycles. The highest BCUT2D eigenvalue weighted by Gasteiger charge is 2.20. The maximum absolute atomic E-state index is 12.9. The van der Waals surface area contributed by atoms with Gasteiger partial charge in [-0.1, -0.05) is 18.2 Å². The SMILES string of the molecule is Cc1ccsc1C(=O)/C(C#N)=C/c1cc2ccccc2nc1N1CCOCC1. The minimum Gasteiger partial charge on any atom is -0.378 e. The molecule has 1 saturated heterocycles. The van der Waals surface area contributed by atoms with Crippen LogP contribution in [0.2, 0.25) is 0 Å². The molecule has 0 aliphatic carbocycles. The number of aromatic nitrogens is 1. The van der Waals surface area contributed by atoms with Crippen LogP contribution in [0.15, 0.2) is 47.4 Å². The summed E-state index contributed by atoms with van der Waals surface area (Å²) >= 11 is 1.36. The van der Waals surface area contributed by atoms with E-state index in [0.717, 1.165) is 40.9 Å². The number of allylic oxidation sites excluding steroid dienone is 1. The highest BCUT2D eigenvalue weighted by molar-refractivity contribution is 7.12. The van der Waals surface area contributed by atoms with Crippen molar-refractivity contribution in [1.82, 2.24) is 4.98 Å². The third-order valence-corrected chi connectivity index (χ3v) is 5.79. The average molecular weight is 389 g/mol. The van der Waals surface area contributed by atoms with Gasteiger partial charge in [0.1, 0.15) is 17.5 Å². The van der Waals surface area contributed by atoms with E-state index in [0.29, 0.717) is 18.1 Å². The van der Waals surface area contributed by atoms with Crippen molar-refractivity contribution in [3.8, 4) is 6.07 Å². The Labute approximate surface area is 167 Å². The highest BCUT2D eigenvalue weighted by Crippen LogP contribution is 2.28. The molecule has 6 heteroatoms. The zero-order valence-corrected chi connectivity index (χ0v) is 16.3. The average Bonchev–Trinajstić information content (AvgIpc) is 3.17. The summed E-state index contributed by atoms with van der Waals surface area (Å²) in [5.74, 6) is 0.543. The summed E-state index contributed by atoms with van der Waals surface area (Å²) in [6.07, 6.45) is 1.67. The van der Waals surface area contributed by atoms with E-state index in [1.165, 1.54) is 11.3 Å². The Morgan fingerprint density at radius 3 is 2.79 bits per heavy atom. The van der Waals surface area contributed by atoms with E-state index in [1.54, 1.807) is 6.08 Å². The van der Waals surface area contributed by atoms with Gasteiger partial charge in [-0.15, -0.1) is 11.3 Å². The molecule has 0 atom stereocenters. The minimum absolute atomic E-state index is 0.122. The number of nitrogens with zero attached hydrogens (tertiary/aromatic N) is 3. The van der Waals surface area contributed by atoms with Crippen LogP contribution in [0.4, 0.5) is 5.82 Å². The smallest absolute Gasteiger partial charge is 0.213 e. The number of ketones is 1. The summed E-state index contributed by atoms with van der Waals surface area (Å²) < 4.78 is 5.46. The second kappa shape index (κ2) is 7.93. The number of rotatable bonds is 4. The molecule has 0 saturated carbocycles. The maximum Gasteiger partial charge on any atom is 0.213 e. The molecule has 28 heavy (non-hydrogen) atoms. The van der Waals surface area contributed by atoms with Crippen molar-refractivity contribution >= 4 is 39.9 Å². The fourth-order valence-electron chi connectivity index (χ4n) is 3.29. The molecule has 1 fully saturated rings. The van der Waals surface area contributed by atoms with Crippen LogP contribution >= 0.6 is 11.3 Å². The molecule has 0 N–H and O–H groups in total. The lowest BCUT2D eigenvalue weighted by molar-refractivity contribution is 0.104. The van der Waals surface area contributed by atoms with Gasteiger partial charge in [-0.2, -0.15) is 5.26 Å². The standard InChI is InChI=1S/C22H19N3O2S/c1-15-6-11-28-21(15)20(26)18(14-23)13-17-12-16-4-2-3-5-19(16)24-22(17)25-7-9-27-10-8-25/h2-6,11-13H,7-10H2,1H3/b18-13+. The second-order valence-electron chi connectivity index (χ2n) is 6.63. The monoisotopic (exact) mass is 389 g/mol. The Kier molecular flexibility index (Phi) is 5.20. The van der Waals surface area contributed by atoms with Crippen LogP contribution in [0.25, 0.3) is 17.0 Å². The molecule has 1 aromatic carbocycles. The van der Waals surface area contributed by atoms with E-state index in [1.807, 2.05) is 48.7 Å². The first-order valence-electron chi connectivity index (χ1n) is 9.10. The number of fused-ring (bicyclic) bond motifs is 1. The first-order valence-corrected chi connectivity index (χ1v) is 9.98. The lowest BCUT2D eigenvalue weighted by Crippen LogP contribution is -2.37. The molecule has 5 nitrogen and oxygen atoms in total. The third kappa shape index (κ3) is 3.55. The molecule has 0 radical (unpaired) electrons. The minimum atomic E-state index is -0.240. The van der Waals surface area contributed by atoms with Crippen molar-refractivity contribution in [1.29, 1.82) is 5.26 Å². The van der Waals surface area contributed by atoms with Crippen LogP contribution < -0.4 is 4.90 Å². The number of carbonyl (C=O) groups is 1. The van der Waals surface area contributed by atoms with E-state index in [-0.39, 0.29) is 11.4 Å². The third-order valence-electron chi connectivity index (χ3n) is 4.78. The van der Waals surface area contributed by atoms with Crippen molar-refractivity contribution in [2.45, 2.75) is 6.92 Å². The van der Waals surface area contributed by atoms with E-state index in [2.05, 4.69) is 11.0 Å². The summed E-state index contributed by atoms with van der Waals surface area (Å²) in [6, 6.07) is 13.9. The number of ether oxygens (including phenoxy) is 1. The summed E-state index contributed by atoms with van der Waals surface area (Å²) in [5, 5.41) is 12.5. The molecule has 4 rings (SSSR count). The Balaban J connectivity index is 1.83. The predicted octanol–water partition coefficient (Wildman–Crippen LogP) is 4.23. The number of anilines is 1. The number of hydrogen-bond donors (Lipinski definition) is 0. The van der Waals surface area contributed by atoms with Crippen LogP contribution in [0.5, 0.6) is 0 Å². The van der Waals surface area contributed by atoms with Gasteiger partial charge in [0.15, 0.2) is 0 Å². The molecule has 140 valence electrons.